The van der Waals surface area contributed by atoms with Crippen LogP contribution in [0.3, 0.4) is 0 Å². The number of oxazole rings is 1. The lowest BCUT2D eigenvalue weighted by Crippen LogP contribution is -2.09. The van der Waals surface area contributed by atoms with Crippen LogP contribution in [0.4, 0.5) is 13.2 Å². The molecule has 0 amide bonds. The molecule has 96 valence electrons. The van der Waals surface area contributed by atoms with Crippen LogP contribution in [0.15, 0.2) is 27.0 Å². The fourth-order valence-corrected chi connectivity index (χ4v) is 2.06. The van der Waals surface area contributed by atoms with Crippen LogP contribution in [0.25, 0.3) is 0 Å². The lowest BCUT2D eigenvalue weighted by atomic mass is 10.4. The summed E-state index contributed by atoms with van der Waals surface area (Å²) in [6, 6.07) is 0.788. The van der Waals surface area contributed by atoms with Gasteiger partial charge in [0.1, 0.15) is 11.3 Å². The Morgan fingerprint density at radius 3 is 2.56 bits per heavy atom. The molecule has 9 heteroatoms. The van der Waals surface area contributed by atoms with E-state index in [1.165, 1.54) is 6.26 Å². The van der Waals surface area contributed by atoms with Gasteiger partial charge in [-0.25, -0.2) is 15.0 Å². The van der Waals surface area contributed by atoms with Crippen molar-refractivity contribution < 1.29 is 17.6 Å². The first-order valence-electron chi connectivity index (χ1n) is 4.56. The Balaban J connectivity index is 2.31. The predicted molar refractivity (Wildman–Crippen MR) is 57.4 cm³/mol. The van der Waals surface area contributed by atoms with Crippen LogP contribution < -0.4 is 0 Å². The van der Waals surface area contributed by atoms with Gasteiger partial charge in [-0.2, -0.15) is 13.2 Å². The minimum atomic E-state index is -4.58. The van der Waals surface area contributed by atoms with E-state index in [1.54, 1.807) is 6.92 Å². The second-order valence-corrected chi connectivity index (χ2v) is 4.52. The molecule has 0 aliphatic rings. The van der Waals surface area contributed by atoms with Crippen LogP contribution in [-0.4, -0.2) is 15.0 Å². The summed E-state index contributed by atoms with van der Waals surface area (Å²) in [6.07, 6.45) is -3.19. The van der Waals surface area contributed by atoms with E-state index in [-0.39, 0.29) is 10.2 Å². The van der Waals surface area contributed by atoms with Crippen molar-refractivity contribution in [2.45, 2.75) is 23.3 Å². The Morgan fingerprint density at radius 2 is 2.00 bits per heavy atom. The van der Waals surface area contributed by atoms with Crippen LogP contribution in [0.2, 0.25) is 5.28 Å². The number of nitrogens with zero attached hydrogens (tertiary/aromatic N) is 3. The normalized spacial score (nSPS) is 11.8. The Hall–Kier alpha value is -1.28. The summed E-state index contributed by atoms with van der Waals surface area (Å²) in [4.78, 5) is 10.7. The summed E-state index contributed by atoms with van der Waals surface area (Å²) in [5, 5.41) is -0.268. The summed E-state index contributed by atoms with van der Waals surface area (Å²) in [5.74, 6) is 0. The molecule has 0 fully saturated rings. The average molecular weight is 296 g/mol. The molecule has 18 heavy (non-hydrogen) atoms. The number of halogens is 4. The van der Waals surface area contributed by atoms with E-state index in [4.69, 9.17) is 16.0 Å². The van der Waals surface area contributed by atoms with Gasteiger partial charge in [-0.05, 0) is 30.3 Å². The van der Waals surface area contributed by atoms with Crippen molar-refractivity contribution in [3.8, 4) is 0 Å². The molecule has 0 aromatic carbocycles. The third-order valence-electron chi connectivity index (χ3n) is 1.76. The molecule has 0 aliphatic heterocycles. The van der Waals surface area contributed by atoms with Crippen molar-refractivity contribution in [2.75, 3.05) is 0 Å². The molecule has 0 unspecified atom stereocenters. The molecule has 0 aliphatic carbocycles. The predicted octanol–water partition coefficient (Wildman–Crippen LogP) is 3.60. The van der Waals surface area contributed by atoms with E-state index in [0.717, 1.165) is 17.8 Å². The van der Waals surface area contributed by atoms with Crippen LogP contribution in [-0.2, 0) is 6.18 Å². The first-order chi connectivity index (χ1) is 8.34. The van der Waals surface area contributed by atoms with Gasteiger partial charge in [0.2, 0.25) is 5.28 Å². The van der Waals surface area contributed by atoms with Gasteiger partial charge >= 0.3 is 6.18 Å². The highest BCUT2D eigenvalue weighted by molar-refractivity contribution is 7.99. The third kappa shape index (κ3) is 3.14. The Kier molecular flexibility index (Phi) is 3.49. The van der Waals surface area contributed by atoms with Crippen molar-refractivity contribution in [2.24, 2.45) is 0 Å². The zero-order valence-corrected chi connectivity index (χ0v) is 10.4. The third-order valence-corrected chi connectivity index (χ3v) is 2.71. The molecule has 2 aromatic rings. The molecule has 0 saturated carbocycles. The fraction of sp³-hybridized carbons (Fsp3) is 0.222. The van der Waals surface area contributed by atoms with Gasteiger partial charge in [-0.1, -0.05) is 0 Å². The van der Waals surface area contributed by atoms with Crippen LogP contribution in [0.5, 0.6) is 0 Å². The maximum atomic E-state index is 12.5. The van der Waals surface area contributed by atoms with E-state index in [9.17, 15) is 13.2 Å². The smallest absolute Gasteiger partial charge is 0.433 e. The Bertz CT molecular complexity index is 572. The molecule has 2 aromatic heterocycles. The molecule has 4 nitrogen and oxygen atoms in total. The maximum Gasteiger partial charge on any atom is 0.433 e. The van der Waals surface area contributed by atoms with E-state index >= 15 is 0 Å². The largest absolute Gasteiger partial charge is 0.439 e. The monoisotopic (exact) mass is 295 g/mol. The molecular weight excluding hydrogens is 291 g/mol. The summed E-state index contributed by atoms with van der Waals surface area (Å²) in [5.41, 5.74) is -0.484. The minimum Gasteiger partial charge on any atom is -0.439 e. The van der Waals surface area contributed by atoms with Gasteiger partial charge < -0.3 is 4.42 Å². The van der Waals surface area contributed by atoms with Crippen LogP contribution >= 0.6 is 23.4 Å². The number of hydrogen-bond acceptors (Lipinski definition) is 5. The van der Waals surface area contributed by atoms with Crippen molar-refractivity contribution in [1.29, 1.82) is 0 Å². The van der Waals surface area contributed by atoms with Gasteiger partial charge in [-0.15, -0.1) is 0 Å². The number of alkyl halides is 3. The van der Waals surface area contributed by atoms with Gasteiger partial charge in [0.25, 0.3) is 5.22 Å². The lowest BCUT2D eigenvalue weighted by molar-refractivity contribution is -0.141. The lowest BCUT2D eigenvalue weighted by Gasteiger charge is -2.06. The Labute approximate surface area is 109 Å². The quantitative estimate of drug-likeness (QED) is 0.626. The second kappa shape index (κ2) is 4.77. The average Bonchev–Trinajstić information content (AvgIpc) is 2.61. The number of aromatic nitrogens is 3. The second-order valence-electron chi connectivity index (χ2n) is 3.22. The number of hydrogen-bond donors (Lipinski definition) is 0. The summed E-state index contributed by atoms with van der Waals surface area (Å²) >= 11 is 6.28. The fourth-order valence-electron chi connectivity index (χ4n) is 1.06. The molecule has 0 saturated heterocycles. The summed E-state index contributed by atoms with van der Waals surface area (Å²) in [6.45, 7) is 1.70. The minimum absolute atomic E-state index is 0.0178. The summed E-state index contributed by atoms with van der Waals surface area (Å²) < 4.78 is 42.5. The Morgan fingerprint density at radius 1 is 1.28 bits per heavy atom. The van der Waals surface area contributed by atoms with Gasteiger partial charge in [0.05, 0.1) is 5.69 Å². The highest BCUT2D eigenvalue weighted by Gasteiger charge is 2.33. The molecule has 0 atom stereocenters. The van der Waals surface area contributed by atoms with Crippen molar-refractivity contribution in [1.82, 2.24) is 15.0 Å². The summed E-state index contributed by atoms with van der Waals surface area (Å²) in [7, 11) is 0. The molecule has 2 heterocycles. The highest BCUT2D eigenvalue weighted by atomic mass is 35.5. The van der Waals surface area contributed by atoms with Crippen LogP contribution in [0.1, 0.15) is 11.4 Å². The van der Waals surface area contributed by atoms with E-state index < -0.39 is 17.2 Å². The van der Waals surface area contributed by atoms with Gasteiger partial charge in [0, 0.05) is 6.07 Å². The topological polar surface area (TPSA) is 51.8 Å². The van der Waals surface area contributed by atoms with Crippen molar-refractivity contribution >= 4 is 23.4 Å². The molecular formula is C9H5ClF3N3OS. The molecule has 0 N–H and O–H groups in total. The van der Waals surface area contributed by atoms with Crippen LogP contribution in [0, 0.1) is 6.92 Å². The number of rotatable bonds is 2. The standard InChI is InChI=1S/C9H5ClF3N3OS/c1-4-3-17-8(14-4)18-6-2-5(9(11,12)13)15-7(10)16-6/h2-3H,1H3. The first kappa shape index (κ1) is 13.2. The highest BCUT2D eigenvalue weighted by Crippen LogP contribution is 2.32. The molecule has 0 spiro atoms. The zero-order chi connectivity index (χ0) is 13.3. The molecule has 2 rings (SSSR count). The van der Waals surface area contributed by atoms with E-state index in [2.05, 4.69) is 15.0 Å². The van der Waals surface area contributed by atoms with E-state index in [1.807, 2.05) is 0 Å². The maximum absolute atomic E-state index is 12.5. The molecule has 0 radical (unpaired) electrons. The SMILES string of the molecule is Cc1coc(Sc2cc(C(F)(F)F)nc(Cl)n2)n1. The van der Waals surface area contributed by atoms with Crippen molar-refractivity contribution in [3.05, 3.63) is 29.0 Å². The number of aryl methyl sites for hydroxylation is 1. The van der Waals surface area contributed by atoms with Gasteiger partial charge in [-0.3, -0.25) is 0 Å². The first-order valence-corrected chi connectivity index (χ1v) is 5.76. The van der Waals surface area contributed by atoms with E-state index in [0.29, 0.717) is 5.69 Å². The zero-order valence-electron chi connectivity index (χ0n) is 8.82. The van der Waals surface area contributed by atoms with Crippen molar-refractivity contribution in [3.63, 3.8) is 0 Å². The van der Waals surface area contributed by atoms with Gasteiger partial charge in [0.15, 0.2) is 5.69 Å². The molecule has 0 bridgehead atoms.